The van der Waals surface area contributed by atoms with Gasteiger partial charge in [0.2, 0.25) is 0 Å². The molecular formula is C4H14BaCa2O2. The van der Waals surface area contributed by atoms with Gasteiger partial charge < -0.3 is 13.7 Å². The molecule has 0 aliphatic carbocycles. The van der Waals surface area contributed by atoms with Gasteiger partial charge in [0.15, 0.2) is 0 Å². The Hall–Kier alpha value is 3.56. The van der Waals surface area contributed by atoms with Gasteiger partial charge in [0.1, 0.15) is 0 Å². The topological polar surface area (TPSA) is 37.3 Å². The molecular weight excluding hydrogens is 298 g/mol. The second-order valence-corrected chi connectivity index (χ2v) is 1.14. The van der Waals surface area contributed by atoms with Crippen molar-refractivity contribution in [2.75, 3.05) is 0 Å². The molecule has 0 bridgehead atoms. The summed E-state index contributed by atoms with van der Waals surface area (Å²) in [6.07, 6.45) is 1.02. The monoisotopic (exact) mass is 312 g/mol. The van der Waals surface area contributed by atoms with Crippen molar-refractivity contribution in [2.45, 2.75) is 19.8 Å². The summed E-state index contributed by atoms with van der Waals surface area (Å²) in [4.78, 5) is 9.60. The maximum atomic E-state index is 9.60. The molecule has 48 valence electrons. The van der Waals surface area contributed by atoms with Gasteiger partial charge in [-0.15, -0.1) is 0 Å². The Bertz CT molecular complexity index is 75.1. The van der Waals surface area contributed by atoms with Gasteiger partial charge >= 0.3 is 130 Å². The third kappa shape index (κ3) is 24.6. The zero-order valence-electron chi connectivity index (χ0n) is 11.9. The third-order valence-electron chi connectivity index (χ3n) is 0.464. The van der Waals surface area contributed by atoms with E-state index in [0.29, 0.717) is 6.42 Å². The Morgan fingerprint density at radius 3 is 1.89 bits per heavy atom. The van der Waals surface area contributed by atoms with Gasteiger partial charge in [-0.2, -0.15) is 0 Å². The first-order valence-electron chi connectivity index (χ1n) is 1.99. The third-order valence-corrected chi connectivity index (χ3v) is 0.464. The molecule has 0 rings (SSSR count). The van der Waals surface area contributed by atoms with Crippen LogP contribution in [0.5, 0.6) is 0 Å². The molecule has 0 fully saturated rings. The van der Waals surface area contributed by atoms with Crippen LogP contribution in [-0.2, 0) is 4.79 Å². The molecule has 0 saturated heterocycles. The van der Waals surface area contributed by atoms with Gasteiger partial charge in [0, 0.05) is 6.42 Å². The summed E-state index contributed by atoms with van der Waals surface area (Å²) < 4.78 is 0. The molecule has 0 amide bonds. The van der Waals surface area contributed by atoms with E-state index in [0.717, 1.165) is 6.42 Å². The van der Waals surface area contributed by atoms with E-state index in [1.165, 1.54) is 0 Å². The fourth-order valence-corrected chi connectivity index (χ4v) is 0.214. The zero-order chi connectivity index (χ0) is 4.99. The number of carbonyl (C=O) groups is 1. The fraction of sp³-hybridized carbons (Fsp3) is 0.750. The molecule has 0 saturated carbocycles. The van der Waals surface area contributed by atoms with Gasteiger partial charge in [-0.25, -0.2) is 0 Å². The first kappa shape index (κ1) is 22.9. The molecule has 0 aromatic heterocycles. The number of rotatable bonds is 2. The Kier molecular flexibility index (Phi) is 44.8. The van der Waals surface area contributed by atoms with E-state index in [9.17, 15) is 4.79 Å². The van der Waals surface area contributed by atoms with Crippen molar-refractivity contribution < 1.29 is 18.5 Å². The van der Waals surface area contributed by atoms with E-state index >= 15 is 0 Å². The summed E-state index contributed by atoms with van der Waals surface area (Å²) in [5.41, 5.74) is 0. The van der Waals surface area contributed by atoms with Crippen LogP contribution in [0.3, 0.4) is 0 Å². The summed E-state index contributed by atoms with van der Waals surface area (Å²) in [5.74, 6) is -0.711. The smallest absolute Gasteiger partial charge is 1.00 e. The summed E-state index contributed by atoms with van der Waals surface area (Å²) in [6.45, 7) is 1.84. The van der Waals surface area contributed by atoms with Gasteiger partial charge in [0.25, 0.3) is 0 Å². The largest absolute Gasteiger partial charge is 2.00 e. The Morgan fingerprint density at radius 2 is 1.89 bits per heavy atom. The minimum atomic E-state index is -0.711. The molecule has 0 aliphatic heterocycles. The van der Waals surface area contributed by atoms with Crippen LogP contribution in [0.2, 0.25) is 0 Å². The molecule has 0 unspecified atom stereocenters. The van der Waals surface area contributed by atoms with Crippen LogP contribution in [0.15, 0.2) is 0 Å². The van der Waals surface area contributed by atoms with Gasteiger partial charge in [-0.1, -0.05) is 6.92 Å². The van der Waals surface area contributed by atoms with Crippen molar-refractivity contribution in [3.05, 3.63) is 0 Å². The molecule has 0 spiro atoms. The normalized spacial score (nSPS) is 5.44. The molecule has 0 aromatic carbocycles. The van der Waals surface area contributed by atoms with Crippen molar-refractivity contribution in [2.24, 2.45) is 0 Å². The van der Waals surface area contributed by atoms with Gasteiger partial charge in [-0.3, -0.25) is 4.79 Å². The first-order chi connectivity index (χ1) is 2.77. The van der Waals surface area contributed by atoms with Crippen LogP contribution >= 0.6 is 0 Å². The zero-order valence-corrected chi connectivity index (χ0v) is 14.7. The van der Waals surface area contributed by atoms with Crippen LogP contribution in [0, 0.1) is 0 Å². The molecule has 0 aliphatic rings. The number of carboxylic acids is 1. The average molecular weight is 312 g/mol. The van der Waals surface area contributed by atoms with Crippen LogP contribution in [0.1, 0.15) is 28.3 Å². The van der Waals surface area contributed by atoms with Crippen LogP contribution in [0.4, 0.5) is 0 Å². The van der Waals surface area contributed by atoms with Crippen molar-refractivity contribution in [3.8, 4) is 0 Å². The van der Waals surface area contributed by atoms with Crippen molar-refractivity contribution in [1.29, 1.82) is 0 Å². The summed E-state index contributed by atoms with van der Waals surface area (Å²) in [7, 11) is 0. The van der Waals surface area contributed by atoms with E-state index < -0.39 is 5.97 Å². The van der Waals surface area contributed by atoms with E-state index in [1.54, 1.807) is 0 Å². The first-order valence-corrected chi connectivity index (χ1v) is 1.99. The molecule has 2 nitrogen and oxygen atoms in total. The average Bonchev–Trinajstić information content (AvgIpc) is 1.35. The second kappa shape index (κ2) is 17.6. The molecule has 0 heterocycles. The Morgan fingerprint density at radius 1 is 1.56 bits per heavy atom. The predicted octanol–water partition coefficient (Wildman–Crippen LogP) is 0.404. The molecule has 0 atom stereocenters. The van der Waals surface area contributed by atoms with E-state index in [-0.39, 0.29) is 133 Å². The number of hydrogen-bond acceptors (Lipinski definition) is 1. The predicted molar refractivity (Wildman–Crippen MR) is 46.5 cm³/mol. The maximum absolute atomic E-state index is 9.60. The quantitative estimate of drug-likeness (QED) is 0.750. The van der Waals surface area contributed by atoms with Crippen molar-refractivity contribution in [3.63, 3.8) is 0 Å². The molecule has 0 radical (unpaired) electrons. The fourth-order valence-electron chi connectivity index (χ4n) is 0.214. The van der Waals surface area contributed by atoms with Crippen molar-refractivity contribution >= 4 is 130 Å². The minimum absolute atomic E-state index is 0. The Balaban J connectivity index is -0.00000000347. The van der Waals surface area contributed by atoms with E-state index in [4.69, 9.17) is 5.11 Å². The number of hydrogen-bond donors (Lipinski definition) is 1. The van der Waals surface area contributed by atoms with Crippen LogP contribution in [0.25, 0.3) is 0 Å². The number of carboxylic acid groups (broad SMARTS) is 1. The standard InChI is InChI=1S/C4H8O2.Ba.2Ca.6H/c1-2-3-4(5)6;;;;;;;;;/h2-3H2,1H3,(H,5,6);;;;;;;;;/q;3*+2;6*-1. The molecule has 0 aromatic rings. The maximum Gasteiger partial charge on any atom is 2.00 e. The summed E-state index contributed by atoms with van der Waals surface area (Å²) >= 11 is 0. The Labute approximate surface area is 165 Å². The van der Waals surface area contributed by atoms with Crippen LogP contribution < -0.4 is 0 Å². The molecule has 5 heteroatoms. The molecule has 1 N–H and O–H groups in total. The van der Waals surface area contributed by atoms with Crippen LogP contribution in [-0.4, -0.2) is 135 Å². The molecule has 9 heavy (non-hydrogen) atoms. The van der Waals surface area contributed by atoms with Gasteiger partial charge in [-0.05, 0) is 6.42 Å². The van der Waals surface area contributed by atoms with Crippen molar-refractivity contribution in [1.82, 2.24) is 0 Å². The SMILES string of the molecule is CCCC(=O)O.[Ba+2].[Ca+2].[Ca+2].[H-].[H-].[H-].[H-].[H-].[H-]. The van der Waals surface area contributed by atoms with E-state index in [1.807, 2.05) is 6.92 Å². The number of aliphatic carboxylic acids is 1. The minimum Gasteiger partial charge on any atom is -1.00 e. The summed E-state index contributed by atoms with van der Waals surface area (Å²) in [6, 6.07) is 0. The summed E-state index contributed by atoms with van der Waals surface area (Å²) in [5, 5.41) is 7.91. The second-order valence-electron chi connectivity index (χ2n) is 1.14. The van der Waals surface area contributed by atoms with Gasteiger partial charge in [0.05, 0.1) is 0 Å². The van der Waals surface area contributed by atoms with E-state index in [2.05, 4.69) is 0 Å².